The molecule has 2 aliphatic rings. The fourth-order valence-corrected chi connectivity index (χ4v) is 3.80. The van der Waals surface area contributed by atoms with Crippen LogP contribution in [0, 0.1) is 5.92 Å². The fraction of sp³-hybridized carbons (Fsp3) is 0.421. The number of carbonyl (C=O) groups is 2. The minimum Gasteiger partial charge on any atom is -0.495 e. The van der Waals surface area contributed by atoms with Crippen LogP contribution in [0.5, 0.6) is 5.75 Å². The van der Waals surface area contributed by atoms with Crippen molar-refractivity contribution in [1.82, 2.24) is 15.1 Å². The molecule has 0 saturated carbocycles. The summed E-state index contributed by atoms with van der Waals surface area (Å²) >= 11 is 0. The van der Waals surface area contributed by atoms with Gasteiger partial charge in [-0.2, -0.15) is 5.10 Å². The standard InChI is InChI=1S/C19H22N4O3/c1-26-17-5-3-2-4-16(17)23-12-13(6-7-18(23)24)19(25)22-9-8-15-14(11-22)10-20-21-15/h2-5,10,13H,6-9,11-12H2,1H3,(H,20,21). The van der Waals surface area contributed by atoms with Crippen molar-refractivity contribution in [2.75, 3.05) is 25.1 Å². The van der Waals surface area contributed by atoms with E-state index in [2.05, 4.69) is 10.2 Å². The number of carbonyl (C=O) groups excluding carboxylic acids is 2. The van der Waals surface area contributed by atoms with Crippen molar-refractivity contribution < 1.29 is 14.3 Å². The number of nitrogens with zero attached hydrogens (tertiary/aromatic N) is 3. The van der Waals surface area contributed by atoms with Gasteiger partial charge in [-0.05, 0) is 18.6 Å². The number of methoxy groups -OCH3 is 1. The Bertz CT molecular complexity index is 832. The molecular formula is C19H22N4O3. The predicted molar refractivity (Wildman–Crippen MR) is 95.8 cm³/mol. The molecule has 7 heteroatoms. The van der Waals surface area contributed by atoms with E-state index in [4.69, 9.17) is 4.74 Å². The molecule has 1 fully saturated rings. The molecule has 2 aromatic rings. The summed E-state index contributed by atoms with van der Waals surface area (Å²) in [6, 6.07) is 7.44. The fourth-order valence-electron chi connectivity index (χ4n) is 3.80. The van der Waals surface area contributed by atoms with Gasteiger partial charge in [0.2, 0.25) is 11.8 Å². The number of aromatic amines is 1. The number of hydrogen-bond donors (Lipinski definition) is 1. The molecule has 1 aromatic heterocycles. The molecule has 0 spiro atoms. The van der Waals surface area contributed by atoms with Crippen LogP contribution < -0.4 is 9.64 Å². The van der Waals surface area contributed by atoms with E-state index in [1.165, 1.54) is 0 Å². The third-order valence-electron chi connectivity index (χ3n) is 5.25. The minimum atomic E-state index is -0.189. The first-order valence-electron chi connectivity index (χ1n) is 8.90. The third-order valence-corrected chi connectivity index (χ3v) is 5.25. The first kappa shape index (κ1) is 16.6. The van der Waals surface area contributed by atoms with Crippen molar-refractivity contribution in [2.24, 2.45) is 5.92 Å². The van der Waals surface area contributed by atoms with Crippen LogP contribution in [-0.4, -0.2) is 47.1 Å². The number of piperidine rings is 1. The first-order valence-corrected chi connectivity index (χ1v) is 8.90. The highest BCUT2D eigenvalue weighted by Crippen LogP contribution is 2.33. The summed E-state index contributed by atoms with van der Waals surface area (Å²) < 4.78 is 5.39. The lowest BCUT2D eigenvalue weighted by molar-refractivity contribution is -0.137. The second kappa shape index (κ2) is 6.82. The molecule has 1 N–H and O–H groups in total. The molecule has 1 atom stereocenters. The van der Waals surface area contributed by atoms with Gasteiger partial charge in [0.05, 0.1) is 24.9 Å². The molecule has 0 radical (unpaired) electrons. The number of aromatic nitrogens is 2. The minimum absolute atomic E-state index is 0.0364. The van der Waals surface area contributed by atoms with Crippen molar-refractivity contribution in [3.63, 3.8) is 0 Å². The summed E-state index contributed by atoms with van der Waals surface area (Å²) in [7, 11) is 1.59. The SMILES string of the molecule is COc1ccccc1N1CC(C(=O)N2CCc3[nH]ncc3C2)CCC1=O. The average molecular weight is 354 g/mol. The van der Waals surface area contributed by atoms with Crippen molar-refractivity contribution in [2.45, 2.75) is 25.8 Å². The zero-order chi connectivity index (χ0) is 18.1. The number of hydrogen-bond acceptors (Lipinski definition) is 4. The number of amides is 2. The maximum Gasteiger partial charge on any atom is 0.227 e. The highest BCUT2D eigenvalue weighted by molar-refractivity contribution is 5.97. The van der Waals surface area contributed by atoms with Gasteiger partial charge in [0.1, 0.15) is 5.75 Å². The lowest BCUT2D eigenvalue weighted by atomic mass is 9.94. The first-order chi connectivity index (χ1) is 12.7. The molecule has 2 amide bonds. The van der Waals surface area contributed by atoms with Crippen LogP contribution in [0.2, 0.25) is 0 Å². The summed E-state index contributed by atoms with van der Waals surface area (Å²) in [6.45, 7) is 1.67. The lowest BCUT2D eigenvalue weighted by Gasteiger charge is -2.36. The molecule has 1 aromatic carbocycles. The highest BCUT2D eigenvalue weighted by atomic mass is 16.5. The second-order valence-electron chi connectivity index (χ2n) is 6.80. The van der Waals surface area contributed by atoms with Gasteiger partial charge >= 0.3 is 0 Å². The Labute approximate surface area is 151 Å². The Morgan fingerprint density at radius 2 is 2.15 bits per heavy atom. The third kappa shape index (κ3) is 2.94. The molecule has 2 aliphatic heterocycles. The molecule has 4 rings (SSSR count). The van der Waals surface area contributed by atoms with Gasteiger partial charge in [-0.3, -0.25) is 14.7 Å². The molecule has 0 bridgehead atoms. The van der Waals surface area contributed by atoms with Crippen LogP contribution in [0.25, 0.3) is 0 Å². The largest absolute Gasteiger partial charge is 0.495 e. The van der Waals surface area contributed by atoms with Crippen molar-refractivity contribution in [1.29, 1.82) is 0 Å². The summed E-state index contributed by atoms with van der Waals surface area (Å²) in [5, 5.41) is 7.05. The van der Waals surface area contributed by atoms with Crippen molar-refractivity contribution in [3.05, 3.63) is 41.7 Å². The summed E-state index contributed by atoms with van der Waals surface area (Å²) in [4.78, 5) is 29.1. The maximum absolute atomic E-state index is 13.0. The van der Waals surface area contributed by atoms with Crippen LogP contribution in [0.3, 0.4) is 0 Å². The van der Waals surface area contributed by atoms with E-state index in [-0.39, 0.29) is 17.7 Å². The number of benzene rings is 1. The van der Waals surface area contributed by atoms with Crippen molar-refractivity contribution in [3.8, 4) is 5.75 Å². The van der Waals surface area contributed by atoms with Crippen LogP contribution in [0.4, 0.5) is 5.69 Å². The van der Waals surface area contributed by atoms with Gasteiger partial charge in [0.15, 0.2) is 0 Å². The summed E-state index contributed by atoms with van der Waals surface area (Å²) in [6.07, 6.45) is 3.56. The molecular weight excluding hydrogens is 332 g/mol. The average Bonchev–Trinajstić information content (AvgIpc) is 3.15. The number of rotatable bonds is 3. The molecule has 26 heavy (non-hydrogen) atoms. The number of fused-ring (bicyclic) bond motifs is 1. The van der Waals surface area contributed by atoms with E-state index in [1.54, 1.807) is 18.2 Å². The van der Waals surface area contributed by atoms with Gasteiger partial charge in [-0.25, -0.2) is 0 Å². The summed E-state index contributed by atoms with van der Waals surface area (Å²) in [5.41, 5.74) is 2.93. The molecule has 0 aliphatic carbocycles. The Kier molecular flexibility index (Phi) is 4.36. The monoisotopic (exact) mass is 354 g/mol. The van der Waals surface area contributed by atoms with Gasteiger partial charge in [0.25, 0.3) is 0 Å². The lowest BCUT2D eigenvalue weighted by Crippen LogP contribution is -2.48. The second-order valence-corrected chi connectivity index (χ2v) is 6.80. The molecule has 1 saturated heterocycles. The van der Waals surface area contributed by atoms with Crippen LogP contribution >= 0.6 is 0 Å². The zero-order valence-electron chi connectivity index (χ0n) is 14.8. The maximum atomic E-state index is 13.0. The van der Waals surface area contributed by atoms with Gasteiger partial charge < -0.3 is 14.5 Å². The van der Waals surface area contributed by atoms with E-state index in [9.17, 15) is 9.59 Å². The summed E-state index contributed by atoms with van der Waals surface area (Å²) in [5.74, 6) is 0.611. The number of para-hydroxylation sites is 2. The Morgan fingerprint density at radius 1 is 1.31 bits per heavy atom. The normalized spacial score (nSPS) is 20.0. The number of anilines is 1. The molecule has 136 valence electrons. The van der Waals surface area contributed by atoms with Crippen LogP contribution in [-0.2, 0) is 22.6 Å². The van der Waals surface area contributed by atoms with Gasteiger partial charge in [-0.15, -0.1) is 0 Å². The Morgan fingerprint density at radius 3 is 3.00 bits per heavy atom. The van der Waals surface area contributed by atoms with Crippen LogP contribution in [0.15, 0.2) is 30.5 Å². The zero-order valence-corrected chi connectivity index (χ0v) is 14.8. The van der Waals surface area contributed by atoms with Gasteiger partial charge in [0, 0.05) is 43.7 Å². The highest BCUT2D eigenvalue weighted by Gasteiger charge is 2.35. The van der Waals surface area contributed by atoms with E-state index in [0.29, 0.717) is 38.2 Å². The number of H-pyrrole nitrogens is 1. The van der Waals surface area contributed by atoms with E-state index >= 15 is 0 Å². The number of ether oxygens (including phenoxy) is 1. The van der Waals surface area contributed by atoms with Crippen molar-refractivity contribution >= 4 is 17.5 Å². The van der Waals surface area contributed by atoms with E-state index < -0.39 is 0 Å². The molecule has 1 unspecified atom stereocenters. The van der Waals surface area contributed by atoms with Gasteiger partial charge in [-0.1, -0.05) is 12.1 Å². The smallest absolute Gasteiger partial charge is 0.227 e. The molecule has 3 heterocycles. The van der Waals surface area contributed by atoms with E-state index in [1.807, 2.05) is 29.2 Å². The quantitative estimate of drug-likeness (QED) is 0.911. The Hall–Kier alpha value is -2.83. The topological polar surface area (TPSA) is 78.5 Å². The predicted octanol–water partition coefficient (Wildman–Crippen LogP) is 1.75. The van der Waals surface area contributed by atoms with Crippen LogP contribution in [0.1, 0.15) is 24.1 Å². The molecule has 7 nitrogen and oxygen atoms in total. The number of nitrogens with one attached hydrogen (secondary N) is 1. The Balaban J connectivity index is 1.51. The van der Waals surface area contributed by atoms with E-state index in [0.717, 1.165) is 23.4 Å².